The minimum absolute atomic E-state index is 0.00511. The van der Waals surface area contributed by atoms with Crippen molar-refractivity contribution < 1.29 is 17.6 Å². The Hall–Kier alpha value is -1.97. The summed E-state index contributed by atoms with van der Waals surface area (Å²) < 4.78 is 29.8. The Bertz CT molecular complexity index is 875. The van der Waals surface area contributed by atoms with E-state index in [-0.39, 0.29) is 23.7 Å². The number of halogens is 1. The van der Waals surface area contributed by atoms with Gasteiger partial charge in [0.05, 0.1) is 6.26 Å². The molecule has 1 aliphatic rings. The Morgan fingerprint density at radius 1 is 1.32 bits per heavy atom. The Morgan fingerprint density at radius 3 is 2.68 bits per heavy atom. The lowest BCUT2D eigenvalue weighted by molar-refractivity contribution is -0.121. The number of hydrogen-bond acceptors (Lipinski definition) is 6. The summed E-state index contributed by atoms with van der Waals surface area (Å²) in [5, 5.41) is 10.8. The van der Waals surface area contributed by atoms with Crippen LogP contribution in [0.1, 0.15) is 12.8 Å². The fourth-order valence-electron chi connectivity index (χ4n) is 2.67. The standard InChI is InChI=1S/C15H17ClN4O4S/c1-25(22,23)20-7-5-10(6-8-20)13(21)17-15-19-18-14(24-15)11-3-2-4-12(16)9-11/h2-4,9-10H,5-8H2,1H3,(H,17,19,21). The van der Waals surface area contributed by atoms with E-state index in [0.717, 1.165) is 0 Å². The Kier molecular flexibility index (Phi) is 5.07. The predicted molar refractivity (Wildman–Crippen MR) is 92.5 cm³/mol. The molecule has 0 unspecified atom stereocenters. The number of aromatic nitrogens is 2. The Balaban J connectivity index is 1.61. The highest BCUT2D eigenvalue weighted by atomic mass is 35.5. The molecule has 0 saturated carbocycles. The zero-order valence-corrected chi connectivity index (χ0v) is 15.0. The van der Waals surface area contributed by atoms with Gasteiger partial charge in [-0.05, 0) is 31.0 Å². The second-order valence-corrected chi connectivity index (χ2v) is 8.27. The molecule has 0 spiro atoms. The molecule has 10 heteroatoms. The minimum atomic E-state index is -3.21. The van der Waals surface area contributed by atoms with E-state index < -0.39 is 10.0 Å². The first kappa shape index (κ1) is 17.8. The topological polar surface area (TPSA) is 105 Å². The summed E-state index contributed by atoms with van der Waals surface area (Å²) in [5.41, 5.74) is 0.655. The highest BCUT2D eigenvalue weighted by molar-refractivity contribution is 7.88. The fourth-order valence-corrected chi connectivity index (χ4v) is 3.73. The van der Waals surface area contributed by atoms with Crippen molar-refractivity contribution in [2.75, 3.05) is 24.7 Å². The van der Waals surface area contributed by atoms with Gasteiger partial charge < -0.3 is 4.42 Å². The van der Waals surface area contributed by atoms with Crippen LogP contribution >= 0.6 is 11.6 Å². The van der Waals surface area contributed by atoms with Crippen molar-refractivity contribution >= 4 is 33.5 Å². The van der Waals surface area contributed by atoms with Crippen LogP contribution in [0.5, 0.6) is 0 Å². The zero-order valence-electron chi connectivity index (χ0n) is 13.5. The van der Waals surface area contributed by atoms with Crippen molar-refractivity contribution in [1.82, 2.24) is 14.5 Å². The van der Waals surface area contributed by atoms with E-state index in [1.165, 1.54) is 10.6 Å². The third kappa shape index (κ3) is 4.36. The van der Waals surface area contributed by atoms with Gasteiger partial charge in [-0.25, -0.2) is 12.7 Å². The maximum atomic E-state index is 12.3. The van der Waals surface area contributed by atoms with Gasteiger partial charge in [0.1, 0.15) is 0 Å². The van der Waals surface area contributed by atoms with Gasteiger partial charge >= 0.3 is 6.01 Å². The first-order chi connectivity index (χ1) is 11.8. The van der Waals surface area contributed by atoms with Gasteiger partial charge in [0.15, 0.2) is 0 Å². The second-order valence-electron chi connectivity index (χ2n) is 5.85. The first-order valence-corrected chi connectivity index (χ1v) is 9.91. The van der Waals surface area contributed by atoms with Crippen LogP contribution in [-0.2, 0) is 14.8 Å². The summed E-state index contributed by atoms with van der Waals surface area (Å²) in [5.74, 6) is -0.293. The average molecular weight is 385 g/mol. The van der Waals surface area contributed by atoms with Crippen LogP contribution in [0.15, 0.2) is 28.7 Å². The van der Waals surface area contributed by atoms with Crippen molar-refractivity contribution in [3.8, 4) is 11.5 Å². The number of hydrogen-bond donors (Lipinski definition) is 1. The van der Waals surface area contributed by atoms with Gasteiger partial charge in [0.25, 0.3) is 0 Å². The molecule has 0 aliphatic carbocycles. The van der Waals surface area contributed by atoms with Crippen molar-refractivity contribution in [3.63, 3.8) is 0 Å². The summed E-state index contributed by atoms with van der Waals surface area (Å²) in [7, 11) is -3.21. The van der Waals surface area contributed by atoms with Crippen LogP contribution in [0, 0.1) is 5.92 Å². The van der Waals surface area contributed by atoms with Crippen LogP contribution in [0.25, 0.3) is 11.5 Å². The molecule has 2 aromatic rings. The molecule has 8 nitrogen and oxygen atoms in total. The highest BCUT2D eigenvalue weighted by Gasteiger charge is 2.29. The van der Waals surface area contributed by atoms with E-state index >= 15 is 0 Å². The Labute approximate surface area is 150 Å². The molecule has 1 N–H and O–H groups in total. The number of benzene rings is 1. The third-order valence-corrected chi connectivity index (χ3v) is 5.56. The smallest absolute Gasteiger partial charge is 0.322 e. The lowest BCUT2D eigenvalue weighted by atomic mass is 9.97. The predicted octanol–water partition coefficient (Wildman–Crippen LogP) is 2.00. The number of piperidine rings is 1. The number of nitrogens with one attached hydrogen (secondary N) is 1. The van der Waals surface area contributed by atoms with E-state index in [0.29, 0.717) is 36.5 Å². The number of rotatable bonds is 4. The molecule has 0 atom stereocenters. The van der Waals surface area contributed by atoms with Crippen molar-refractivity contribution in [2.45, 2.75) is 12.8 Å². The van der Waals surface area contributed by atoms with Crippen LogP contribution in [0.4, 0.5) is 6.01 Å². The van der Waals surface area contributed by atoms with Crippen LogP contribution in [0.2, 0.25) is 5.02 Å². The van der Waals surface area contributed by atoms with Gasteiger partial charge in [-0.1, -0.05) is 22.8 Å². The van der Waals surface area contributed by atoms with Gasteiger partial charge in [-0.2, -0.15) is 0 Å². The van der Waals surface area contributed by atoms with Crippen LogP contribution in [-0.4, -0.2) is 48.2 Å². The normalized spacial score (nSPS) is 16.7. The van der Waals surface area contributed by atoms with Gasteiger partial charge in [0.2, 0.25) is 21.8 Å². The first-order valence-electron chi connectivity index (χ1n) is 7.68. The highest BCUT2D eigenvalue weighted by Crippen LogP contribution is 2.24. The Morgan fingerprint density at radius 2 is 2.04 bits per heavy atom. The van der Waals surface area contributed by atoms with Crippen LogP contribution in [0.3, 0.4) is 0 Å². The van der Waals surface area contributed by atoms with Crippen LogP contribution < -0.4 is 5.32 Å². The molecule has 134 valence electrons. The zero-order chi connectivity index (χ0) is 18.0. The number of sulfonamides is 1. The maximum absolute atomic E-state index is 12.3. The molecule has 3 rings (SSSR count). The number of anilines is 1. The molecule has 1 aromatic carbocycles. The average Bonchev–Trinajstić information content (AvgIpc) is 3.03. The SMILES string of the molecule is CS(=O)(=O)N1CCC(C(=O)Nc2nnc(-c3cccc(Cl)c3)o2)CC1. The minimum Gasteiger partial charge on any atom is -0.403 e. The summed E-state index contributed by atoms with van der Waals surface area (Å²) in [4.78, 5) is 12.3. The van der Waals surface area contributed by atoms with Crippen molar-refractivity contribution in [1.29, 1.82) is 0 Å². The molecule has 1 aliphatic heterocycles. The summed E-state index contributed by atoms with van der Waals surface area (Å²) in [6.45, 7) is 0.656. The van der Waals surface area contributed by atoms with E-state index in [2.05, 4.69) is 15.5 Å². The molecule has 0 bridgehead atoms. The number of carbonyl (C=O) groups is 1. The van der Waals surface area contributed by atoms with E-state index in [9.17, 15) is 13.2 Å². The molecule has 2 heterocycles. The molecule has 0 radical (unpaired) electrons. The molecule has 1 aromatic heterocycles. The maximum Gasteiger partial charge on any atom is 0.322 e. The lowest BCUT2D eigenvalue weighted by Crippen LogP contribution is -2.40. The summed E-state index contributed by atoms with van der Waals surface area (Å²) >= 11 is 5.92. The second kappa shape index (κ2) is 7.11. The number of amides is 1. The molecule has 1 amide bonds. The van der Waals surface area contributed by atoms with E-state index in [4.69, 9.17) is 16.0 Å². The van der Waals surface area contributed by atoms with E-state index in [1.807, 2.05) is 0 Å². The monoisotopic (exact) mass is 384 g/mol. The molecule has 25 heavy (non-hydrogen) atoms. The number of nitrogens with zero attached hydrogens (tertiary/aromatic N) is 3. The number of carbonyl (C=O) groups excluding carboxylic acids is 1. The van der Waals surface area contributed by atoms with Gasteiger partial charge in [-0.15, -0.1) is 5.10 Å². The summed E-state index contributed by atoms with van der Waals surface area (Å²) in [6.07, 6.45) is 2.07. The summed E-state index contributed by atoms with van der Waals surface area (Å²) in [6, 6.07) is 6.95. The fraction of sp³-hybridized carbons (Fsp3) is 0.400. The largest absolute Gasteiger partial charge is 0.403 e. The van der Waals surface area contributed by atoms with Crippen molar-refractivity contribution in [3.05, 3.63) is 29.3 Å². The molecule has 1 fully saturated rings. The molecular formula is C15H17ClN4O4S. The quantitative estimate of drug-likeness (QED) is 0.864. The van der Waals surface area contributed by atoms with Gasteiger partial charge in [0, 0.05) is 29.6 Å². The lowest BCUT2D eigenvalue weighted by Gasteiger charge is -2.29. The molecule has 1 saturated heterocycles. The van der Waals surface area contributed by atoms with E-state index in [1.54, 1.807) is 24.3 Å². The van der Waals surface area contributed by atoms with Gasteiger partial charge in [-0.3, -0.25) is 10.1 Å². The third-order valence-electron chi connectivity index (χ3n) is 4.02. The van der Waals surface area contributed by atoms with Crippen molar-refractivity contribution in [2.24, 2.45) is 5.92 Å². The molecular weight excluding hydrogens is 368 g/mol.